The highest BCUT2D eigenvalue weighted by Gasteiger charge is 2.32. The summed E-state index contributed by atoms with van der Waals surface area (Å²) in [7, 11) is -7.66. The van der Waals surface area contributed by atoms with E-state index in [0.717, 1.165) is 5.56 Å². The first-order valence-electron chi connectivity index (χ1n) is 9.20. The molecule has 1 aliphatic rings. The zero-order chi connectivity index (χ0) is 22.2. The van der Waals surface area contributed by atoms with E-state index in [1.165, 1.54) is 45.7 Å². The Morgan fingerprint density at radius 1 is 1.06 bits per heavy atom. The number of carbonyl (C=O) groups excluding carboxylic acids is 1. The SMILES string of the molecule is NS(=O)(=O)c1ccc(NC(=O)Cn2cnc(S(=O)(=O)N3CCc4ccccc43)c2)cc1. The number of nitrogens with zero attached hydrogens (tertiary/aromatic N) is 3. The molecule has 0 bridgehead atoms. The minimum Gasteiger partial charge on any atom is -0.327 e. The minimum atomic E-state index is -3.84. The molecule has 162 valence electrons. The Hall–Kier alpha value is -3.22. The number of aromatic nitrogens is 2. The quantitative estimate of drug-likeness (QED) is 0.558. The Morgan fingerprint density at radius 2 is 1.77 bits per heavy atom. The van der Waals surface area contributed by atoms with Gasteiger partial charge in [0, 0.05) is 18.4 Å². The van der Waals surface area contributed by atoms with Crippen LogP contribution < -0.4 is 14.8 Å². The predicted octanol–water partition coefficient (Wildman–Crippen LogP) is 0.921. The fourth-order valence-electron chi connectivity index (χ4n) is 3.32. The number of amides is 1. The topological polar surface area (TPSA) is 144 Å². The van der Waals surface area contributed by atoms with Crippen LogP contribution in [0.1, 0.15) is 5.56 Å². The Bertz CT molecular complexity index is 1350. The fourth-order valence-corrected chi connectivity index (χ4v) is 5.28. The second kappa shape index (κ2) is 7.80. The number of hydrogen-bond acceptors (Lipinski definition) is 6. The number of sulfonamides is 2. The third-order valence-corrected chi connectivity index (χ3v) is 7.43. The smallest absolute Gasteiger partial charge is 0.283 e. The van der Waals surface area contributed by atoms with Crippen LogP contribution in [-0.4, -0.2) is 38.8 Å². The average molecular weight is 462 g/mol. The van der Waals surface area contributed by atoms with E-state index in [1.54, 1.807) is 12.1 Å². The van der Waals surface area contributed by atoms with Crippen LogP contribution in [-0.2, 0) is 37.8 Å². The molecule has 2 aromatic carbocycles. The van der Waals surface area contributed by atoms with Crippen LogP contribution in [0.15, 0.2) is 71.0 Å². The highest BCUT2D eigenvalue weighted by Crippen LogP contribution is 2.32. The first kappa shape index (κ1) is 21.0. The molecule has 3 aromatic rings. The molecule has 0 spiro atoms. The Kier molecular flexibility index (Phi) is 5.29. The van der Waals surface area contributed by atoms with E-state index >= 15 is 0 Å². The van der Waals surface area contributed by atoms with Crippen LogP contribution in [0, 0.1) is 0 Å². The van der Waals surface area contributed by atoms with Gasteiger partial charge in [0.15, 0.2) is 5.03 Å². The van der Waals surface area contributed by atoms with E-state index in [-0.39, 0.29) is 16.5 Å². The Labute approximate surface area is 179 Å². The van der Waals surface area contributed by atoms with Crippen LogP contribution in [0.5, 0.6) is 0 Å². The third kappa shape index (κ3) is 4.31. The van der Waals surface area contributed by atoms with Gasteiger partial charge in [-0.3, -0.25) is 9.10 Å². The molecule has 1 amide bonds. The van der Waals surface area contributed by atoms with Gasteiger partial charge in [-0.2, -0.15) is 8.42 Å². The van der Waals surface area contributed by atoms with Gasteiger partial charge in [-0.25, -0.2) is 18.5 Å². The Balaban J connectivity index is 1.45. The molecular weight excluding hydrogens is 442 g/mol. The van der Waals surface area contributed by atoms with E-state index in [1.807, 2.05) is 12.1 Å². The van der Waals surface area contributed by atoms with Crippen molar-refractivity contribution in [1.82, 2.24) is 9.55 Å². The number of anilines is 2. The zero-order valence-electron chi connectivity index (χ0n) is 16.2. The van der Waals surface area contributed by atoms with Crippen LogP contribution in [0.3, 0.4) is 0 Å². The third-order valence-electron chi connectivity index (χ3n) is 4.80. The summed E-state index contributed by atoms with van der Waals surface area (Å²) in [5.41, 5.74) is 1.97. The molecule has 10 nitrogen and oxygen atoms in total. The molecule has 1 aromatic heterocycles. The largest absolute Gasteiger partial charge is 0.327 e. The van der Waals surface area contributed by atoms with E-state index in [2.05, 4.69) is 10.3 Å². The predicted molar refractivity (Wildman–Crippen MR) is 113 cm³/mol. The maximum Gasteiger partial charge on any atom is 0.283 e. The lowest BCUT2D eigenvalue weighted by Crippen LogP contribution is -2.29. The van der Waals surface area contributed by atoms with Gasteiger partial charge in [0.25, 0.3) is 10.0 Å². The Morgan fingerprint density at radius 3 is 2.48 bits per heavy atom. The van der Waals surface area contributed by atoms with E-state index < -0.39 is 26.0 Å². The molecule has 2 heterocycles. The fraction of sp³-hybridized carbons (Fsp3) is 0.158. The molecule has 0 unspecified atom stereocenters. The molecule has 4 rings (SSSR count). The summed E-state index contributed by atoms with van der Waals surface area (Å²) in [6.07, 6.45) is 3.21. The molecule has 31 heavy (non-hydrogen) atoms. The number of para-hydroxylation sites is 1. The maximum absolute atomic E-state index is 13.0. The van der Waals surface area contributed by atoms with Crippen molar-refractivity contribution in [2.75, 3.05) is 16.2 Å². The van der Waals surface area contributed by atoms with Gasteiger partial charge in [0.05, 0.1) is 16.9 Å². The highest BCUT2D eigenvalue weighted by atomic mass is 32.2. The normalized spacial score (nSPS) is 13.8. The lowest BCUT2D eigenvalue weighted by Gasteiger charge is -2.17. The summed E-state index contributed by atoms with van der Waals surface area (Å²) < 4.78 is 51.2. The van der Waals surface area contributed by atoms with Crippen LogP contribution in [0.2, 0.25) is 0 Å². The number of carbonyl (C=O) groups is 1. The summed E-state index contributed by atoms with van der Waals surface area (Å²) in [5, 5.41) is 7.50. The van der Waals surface area contributed by atoms with Crippen molar-refractivity contribution in [2.45, 2.75) is 22.9 Å². The summed E-state index contributed by atoms with van der Waals surface area (Å²) >= 11 is 0. The standard InChI is InChI=1S/C19H19N5O5S2/c20-30(26,27)16-7-5-15(6-8-16)22-18(25)11-23-12-19(21-13-23)31(28,29)24-10-9-14-3-1-2-4-17(14)24/h1-8,12-13H,9-11H2,(H,22,25)(H2,20,26,27). The molecule has 0 radical (unpaired) electrons. The van der Waals surface area contributed by atoms with Crippen molar-refractivity contribution in [3.63, 3.8) is 0 Å². The van der Waals surface area contributed by atoms with Crippen LogP contribution in [0.4, 0.5) is 11.4 Å². The molecule has 0 saturated carbocycles. The van der Waals surface area contributed by atoms with Crippen LogP contribution in [0.25, 0.3) is 0 Å². The number of nitrogens with two attached hydrogens (primary N) is 1. The summed E-state index contributed by atoms with van der Waals surface area (Å²) in [6.45, 7) is 0.166. The van der Waals surface area contributed by atoms with Gasteiger partial charge in [-0.05, 0) is 42.3 Å². The minimum absolute atomic E-state index is 0.0709. The number of imidazole rings is 1. The van der Waals surface area contributed by atoms with Gasteiger partial charge in [0.2, 0.25) is 15.9 Å². The lowest BCUT2D eigenvalue weighted by atomic mass is 10.2. The maximum atomic E-state index is 13.0. The van der Waals surface area contributed by atoms with Crippen LogP contribution >= 0.6 is 0 Å². The molecule has 0 atom stereocenters. The number of rotatable bonds is 6. The first-order chi connectivity index (χ1) is 14.6. The van der Waals surface area contributed by atoms with Crippen molar-refractivity contribution in [3.05, 3.63) is 66.6 Å². The van der Waals surface area contributed by atoms with Crippen molar-refractivity contribution >= 4 is 37.3 Å². The monoisotopic (exact) mass is 461 g/mol. The number of benzene rings is 2. The first-order valence-corrected chi connectivity index (χ1v) is 12.2. The van der Waals surface area contributed by atoms with E-state index in [0.29, 0.717) is 24.3 Å². The van der Waals surface area contributed by atoms with E-state index in [9.17, 15) is 21.6 Å². The van der Waals surface area contributed by atoms with Gasteiger partial charge in [-0.15, -0.1) is 0 Å². The van der Waals surface area contributed by atoms with Crippen molar-refractivity contribution in [3.8, 4) is 0 Å². The molecule has 0 aliphatic carbocycles. The summed E-state index contributed by atoms with van der Waals surface area (Å²) in [4.78, 5) is 16.2. The summed E-state index contributed by atoms with van der Waals surface area (Å²) in [5.74, 6) is -0.434. The number of primary sulfonamides is 1. The number of fused-ring (bicyclic) bond motifs is 1. The molecular formula is C19H19N5O5S2. The molecule has 1 aliphatic heterocycles. The zero-order valence-corrected chi connectivity index (χ0v) is 17.8. The average Bonchev–Trinajstić information content (AvgIpc) is 3.35. The second-order valence-electron chi connectivity index (χ2n) is 6.96. The van der Waals surface area contributed by atoms with Gasteiger partial charge >= 0.3 is 0 Å². The van der Waals surface area contributed by atoms with Crippen molar-refractivity contribution < 1.29 is 21.6 Å². The van der Waals surface area contributed by atoms with Crippen molar-refractivity contribution in [1.29, 1.82) is 0 Å². The van der Waals surface area contributed by atoms with Crippen molar-refractivity contribution in [2.24, 2.45) is 5.14 Å². The van der Waals surface area contributed by atoms with Gasteiger partial charge in [-0.1, -0.05) is 18.2 Å². The van der Waals surface area contributed by atoms with Gasteiger partial charge < -0.3 is 9.88 Å². The molecule has 12 heteroatoms. The summed E-state index contributed by atoms with van der Waals surface area (Å²) in [6, 6.07) is 12.7. The molecule has 0 saturated heterocycles. The molecule has 0 fully saturated rings. The van der Waals surface area contributed by atoms with Gasteiger partial charge in [0.1, 0.15) is 6.54 Å². The van der Waals surface area contributed by atoms with E-state index in [4.69, 9.17) is 5.14 Å². The highest BCUT2D eigenvalue weighted by molar-refractivity contribution is 7.92. The second-order valence-corrected chi connectivity index (χ2v) is 10.3. The lowest BCUT2D eigenvalue weighted by molar-refractivity contribution is -0.116. The number of hydrogen-bond donors (Lipinski definition) is 2. The number of nitrogens with one attached hydrogen (secondary N) is 1. The molecule has 3 N–H and O–H groups in total.